The van der Waals surface area contributed by atoms with Gasteiger partial charge in [0.1, 0.15) is 11.4 Å². The summed E-state index contributed by atoms with van der Waals surface area (Å²) < 4.78 is 237. The first kappa shape index (κ1) is 92.8. The Morgan fingerprint density at radius 2 is 0.346 bits per heavy atom. The van der Waals surface area contributed by atoms with Gasteiger partial charge in [-0.2, -0.15) is 0 Å². The number of hydrogen-bond donors (Lipinski definition) is 0. The second-order valence-corrected chi connectivity index (χ2v) is 26.7. The third-order valence-corrected chi connectivity index (χ3v) is 9.99. The van der Waals surface area contributed by atoms with E-state index in [0.717, 1.165) is 56.7 Å². The monoisotopic (exact) mass is 1750 g/mol. The van der Waals surface area contributed by atoms with Crippen LogP contribution in [-0.4, -0.2) is 61.4 Å². The summed E-state index contributed by atoms with van der Waals surface area (Å²) in [6.07, 6.45) is 23.8. The van der Waals surface area contributed by atoms with E-state index in [1.807, 2.05) is 170 Å². The molecule has 0 saturated heterocycles. The molecular formula is C62H48F24N10O2P4Ru2. The Morgan fingerprint density at radius 1 is 0.212 bits per heavy atom. The summed E-state index contributed by atoms with van der Waals surface area (Å²) in [5.41, 5.74) is 9.93. The Labute approximate surface area is 599 Å². The molecule has 562 valence electrons. The van der Waals surface area contributed by atoms with Crippen LogP contribution in [0.5, 0.6) is 0 Å². The third-order valence-electron chi connectivity index (χ3n) is 9.99. The average molecular weight is 1750 g/mol. The van der Waals surface area contributed by atoms with Gasteiger partial charge in [-0.15, -0.1) is 0 Å². The van der Waals surface area contributed by atoms with E-state index < -0.39 is 31.2 Å². The number of pyridine rings is 10. The van der Waals surface area contributed by atoms with Gasteiger partial charge in [0.15, 0.2) is 0 Å². The molecule has 0 saturated carbocycles. The molecule has 1 aromatic carbocycles. The maximum atomic E-state index is 12.0. The van der Waals surface area contributed by atoms with Crippen molar-refractivity contribution in [2.45, 2.75) is 0 Å². The summed E-state index contributed by atoms with van der Waals surface area (Å²) in [4.78, 5) is 65.5. The summed E-state index contributed by atoms with van der Waals surface area (Å²) in [7, 11) is -42.6. The zero-order valence-corrected chi connectivity index (χ0v) is 58.6. The molecule has 0 amide bonds. The topological polar surface area (TPSA) is 163 Å². The zero-order chi connectivity index (χ0) is 76.7. The standard InChI is InChI=1S/C22H16N2O2.4C10H8N2.4F6P.2Ru/c25-21(19-5-1-3-15-23-19)13-11-17-7-9-18(10-8-17)12-14-22(26)20-6-2-4-16-24-20;4*1-3-7-11-9(5-1)10-6-2-4-8-12-10;4*1-7(2,3,4,5)6;;/h1-16H;4*1-8H;;;;;;/q;;;;;4*-1;2*+2/b13-11+,14-12+;;;;;;;;;;. The predicted octanol–water partition coefficient (Wildman–Crippen LogP) is 26.4. The van der Waals surface area contributed by atoms with E-state index in [0.29, 0.717) is 11.4 Å². The smallest absolute Gasteiger partial charge is 0.288 e. The fraction of sp³-hybridized carbons (Fsp3) is 0. The van der Waals surface area contributed by atoms with Crippen molar-refractivity contribution in [2.75, 3.05) is 0 Å². The number of allylic oxidation sites excluding steroid dienone is 2. The van der Waals surface area contributed by atoms with Crippen LogP contribution in [-0.2, 0) is 39.0 Å². The van der Waals surface area contributed by atoms with Gasteiger partial charge in [0.25, 0.3) is 0 Å². The third kappa shape index (κ3) is 59.4. The van der Waals surface area contributed by atoms with Gasteiger partial charge >= 0.3 is 171 Å². The fourth-order valence-corrected chi connectivity index (χ4v) is 6.36. The molecule has 10 aromatic heterocycles. The second-order valence-electron chi connectivity index (χ2n) is 19.0. The van der Waals surface area contributed by atoms with Gasteiger partial charge in [-0.3, -0.25) is 59.4 Å². The molecule has 0 N–H and O–H groups in total. The number of halogens is 24. The van der Waals surface area contributed by atoms with Gasteiger partial charge in [0, 0.05) is 62.0 Å². The molecule has 0 spiro atoms. The number of hydrogen-bond acceptors (Lipinski definition) is 12. The predicted molar refractivity (Wildman–Crippen MR) is 346 cm³/mol. The van der Waals surface area contributed by atoms with Crippen molar-refractivity contribution in [3.05, 3.63) is 303 Å². The molecule has 0 bridgehead atoms. The van der Waals surface area contributed by atoms with E-state index in [4.69, 9.17) is 0 Å². The van der Waals surface area contributed by atoms with Gasteiger partial charge in [-0.1, -0.05) is 97.1 Å². The Bertz CT molecular complexity index is 3720. The minimum absolute atomic E-state index is 0. The molecular weight excluding hydrogens is 1700 g/mol. The molecule has 42 heteroatoms. The first-order valence-electron chi connectivity index (χ1n) is 27.3. The number of carbonyl (C=O) groups excluding carboxylic acids is 2. The van der Waals surface area contributed by atoms with E-state index in [1.165, 1.54) is 12.2 Å². The van der Waals surface area contributed by atoms with Crippen molar-refractivity contribution in [2.24, 2.45) is 0 Å². The maximum absolute atomic E-state index is 12.0. The van der Waals surface area contributed by atoms with E-state index in [1.54, 1.807) is 111 Å². The second kappa shape index (κ2) is 35.5. The Hall–Kier alpha value is -9.17. The van der Waals surface area contributed by atoms with Crippen molar-refractivity contribution in [3.8, 4) is 45.6 Å². The number of aromatic nitrogens is 10. The zero-order valence-electron chi connectivity index (χ0n) is 51.6. The minimum Gasteiger partial charge on any atom is -0.288 e. The van der Waals surface area contributed by atoms with Crippen LogP contribution in [0.2, 0.25) is 0 Å². The minimum atomic E-state index is -10.7. The van der Waals surface area contributed by atoms with Crippen molar-refractivity contribution < 1.29 is 149 Å². The van der Waals surface area contributed by atoms with E-state index in [2.05, 4.69) is 49.8 Å². The molecule has 12 nitrogen and oxygen atoms in total. The molecule has 0 fully saturated rings. The molecule has 0 aliphatic heterocycles. The van der Waals surface area contributed by atoms with E-state index in [9.17, 15) is 110 Å². The maximum Gasteiger partial charge on any atom is 2.00 e. The van der Waals surface area contributed by atoms with Crippen LogP contribution < -0.4 is 0 Å². The summed E-state index contributed by atoms with van der Waals surface area (Å²) in [6, 6.07) is 64.4. The molecule has 0 atom stereocenters. The molecule has 0 radical (unpaired) electrons. The SMILES string of the molecule is F[P-](F)(F)(F)(F)F.F[P-](F)(F)(F)(F)F.F[P-](F)(F)(F)(F)F.F[P-](F)(F)(F)(F)F.O=C(/C=C/c1ccc(/C=C/C(=O)c2ccccn2)cc1)c1ccccn1.[Ru+2].[Ru+2].c1ccc(-c2ccccn2)nc1.c1ccc(-c2ccccn2)nc1.c1ccc(-c2ccccn2)nc1.c1ccc(-c2ccccn2)nc1. The van der Waals surface area contributed by atoms with Crippen LogP contribution in [0.25, 0.3) is 57.7 Å². The molecule has 11 rings (SSSR count). The van der Waals surface area contributed by atoms with E-state index >= 15 is 0 Å². The van der Waals surface area contributed by atoms with Crippen molar-refractivity contribution in [3.63, 3.8) is 0 Å². The fourth-order valence-electron chi connectivity index (χ4n) is 6.36. The van der Waals surface area contributed by atoms with Crippen LogP contribution in [0, 0.1) is 0 Å². The largest absolute Gasteiger partial charge is 2.00 e. The normalized spacial score (nSPS) is 13.5. The number of carbonyl (C=O) groups is 2. The molecule has 10 heterocycles. The Balaban J connectivity index is 0.000000609. The molecule has 11 aromatic rings. The molecule has 0 unspecified atom stereocenters. The van der Waals surface area contributed by atoms with Crippen LogP contribution in [0.3, 0.4) is 0 Å². The van der Waals surface area contributed by atoms with Crippen molar-refractivity contribution in [1.29, 1.82) is 0 Å². The summed E-state index contributed by atoms with van der Waals surface area (Å²) >= 11 is 0. The van der Waals surface area contributed by atoms with Gasteiger partial charge in [0.2, 0.25) is 11.6 Å². The average Bonchev–Trinajstić information content (AvgIpc) is 0.805. The first-order valence-corrected chi connectivity index (χ1v) is 35.4. The van der Waals surface area contributed by atoms with Crippen LogP contribution in [0.1, 0.15) is 32.1 Å². The summed E-state index contributed by atoms with van der Waals surface area (Å²) in [6.45, 7) is 0. The van der Waals surface area contributed by atoms with Gasteiger partial charge in [-0.25, -0.2) is 0 Å². The van der Waals surface area contributed by atoms with Gasteiger partial charge in [0.05, 0.1) is 45.6 Å². The molecule has 104 heavy (non-hydrogen) atoms. The Morgan fingerprint density at radius 3 is 0.462 bits per heavy atom. The van der Waals surface area contributed by atoms with Crippen molar-refractivity contribution >= 4 is 55.0 Å². The summed E-state index contributed by atoms with van der Waals surface area (Å²) in [5.74, 6) is -0.286. The number of benzene rings is 1. The van der Waals surface area contributed by atoms with Gasteiger partial charge < -0.3 is 0 Å². The molecule has 0 aliphatic carbocycles. The van der Waals surface area contributed by atoms with Gasteiger partial charge in [-0.05, 0) is 145 Å². The summed E-state index contributed by atoms with van der Waals surface area (Å²) in [5, 5.41) is 0. The van der Waals surface area contributed by atoms with Crippen LogP contribution >= 0.6 is 31.2 Å². The molecule has 0 aliphatic rings. The quantitative estimate of drug-likeness (QED) is 0.0419. The van der Waals surface area contributed by atoms with Crippen molar-refractivity contribution in [1.82, 2.24) is 49.8 Å². The first-order chi connectivity index (χ1) is 46.4. The number of rotatable bonds is 10. The van der Waals surface area contributed by atoms with Crippen LogP contribution in [0.4, 0.5) is 101 Å². The Kier molecular flexibility index (Phi) is 31.7. The van der Waals surface area contributed by atoms with E-state index in [-0.39, 0.29) is 50.5 Å². The number of nitrogens with zero attached hydrogens (tertiary/aromatic N) is 10. The number of ketones is 2. The van der Waals surface area contributed by atoms with Crippen LogP contribution in [0.15, 0.2) is 280 Å².